The topological polar surface area (TPSA) is 78.7 Å². The molecule has 1 aromatic carbocycles. The Balaban J connectivity index is 2.96. The van der Waals surface area contributed by atoms with Gasteiger partial charge in [-0.25, -0.2) is 0 Å². The van der Waals surface area contributed by atoms with Gasteiger partial charge in [0.05, 0.1) is 18.0 Å². The van der Waals surface area contributed by atoms with Gasteiger partial charge in [-0.1, -0.05) is 6.07 Å². The molecule has 0 saturated heterocycles. The van der Waals surface area contributed by atoms with Gasteiger partial charge in [0.1, 0.15) is 0 Å². The van der Waals surface area contributed by atoms with E-state index in [4.69, 9.17) is 0 Å². The number of carbonyl (C=O) groups excluding carboxylic acids is 1. The lowest BCUT2D eigenvalue weighted by atomic mass is 10.1. The molecule has 0 amide bonds. The Morgan fingerprint density at radius 3 is 2.68 bits per heavy atom. The van der Waals surface area contributed by atoms with Crippen LogP contribution in [0.1, 0.15) is 12.5 Å². The van der Waals surface area contributed by atoms with Crippen molar-refractivity contribution in [1.82, 2.24) is 0 Å². The Morgan fingerprint density at radius 1 is 1.47 bits per heavy atom. The molecule has 0 aliphatic carbocycles. The van der Waals surface area contributed by atoms with Crippen LogP contribution in [0.4, 0.5) is 14.5 Å². The van der Waals surface area contributed by atoms with Gasteiger partial charge in [0, 0.05) is 6.07 Å². The molecule has 104 valence electrons. The summed E-state index contributed by atoms with van der Waals surface area (Å²) in [5.74, 6) is -1.10. The first kappa shape index (κ1) is 14.8. The smallest absolute Gasteiger partial charge is 0.387 e. The summed E-state index contributed by atoms with van der Waals surface area (Å²) in [6.45, 7) is -1.34. The third-order valence-corrected chi connectivity index (χ3v) is 2.09. The zero-order valence-electron chi connectivity index (χ0n) is 9.97. The fraction of sp³-hybridized carbons (Fsp3) is 0.364. The summed E-state index contributed by atoms with van der Waals surface area (Å²) < 4.78 is 32.8. The van der Waals surface area contributed by atoms with Crippen LogP contribution in [0.5, 0.6) is 5.75 Å². The summed E-state index contributed by atoms with van der Waals surface area (Å²) in [7, 11) is 0. The first-order chi connectivity index (χ1) is 8.93. The highest BCUT2D eigenvalue weighted by Crippen LogP contribution is 2.29. The SMILES string of the molecule is CCOC(=O)Cc1ccc(OC(F)F)c([N+](=O)[O-])c1. The number of hydrogen-bond donors (Lipinski definition) is 0. The molecule has 0 heterocycles. The lowest BCUT2D eigenvalue weighted by molar-refractivity contribution is -0.386. The highest BCUT2D eigenvalue weighted by Gasteiger charge is 2.20. The molecule has 0 spiro atoms. The molecule has 0 fully saturated rings. The number of nitro benzene ring substituents is 1. The summed E-state index contributed by atoms with van der Waals surface area (Å²) in [4.78, 5) is 21.1. The molecule has 0 aliphatic heterocycles. The molecule has 19 heavy (non-hydrogen) atoms. The Bertz CT molecular complexity index is 478. The van der Waals surface area contributed by atoms with Crippen molar-refractivity contribution in [2.45, 2.75) is 20.0 Å². The Morgan fingerprint density at radius 2 is 2.16 bits per heavy atom. The molecule has 0 N–H and O–H groups in total. The number of nitro groups is 1. The highest BCUT2D eigenvalue weighted by atomic mass is 19.3. The maximum Gasteiger partial charge on any atom is 0.387 e. The first-order valence-electron chi connectivity index (χ1n) is 5.31. The number of halogens is 2. The van der Waals surface area contributed by atoms with Gasteiger partial charge in [-0.3, -0.25) is 14.9 Å². The monoisotopic (exact) mass is 275 g/mol. The lowest BCUT2D eigenvalue weighted by Crippen LogP contribution is -2.09. The van der Waals surface area contributed by atoms with Gasteiger partial charge in [-0.15, -0.1) is 0 Å². The fourth-order valence-corrected chi connectivity index (χ4v) is 1.39. The van der Waals surface area contributed by atoms with Gasteiger partial charge in [0.15, 0.2) is 0 Å². The molecule has 0 bridgehead atoms. The normalized spacial score (nSPS) is 10.3. The van der Waals surface area contributed by atoms with Crippen molar-refractivity contribution >= 4 is 11.7 Å². The van der Waals surface area contributed by atoms with E-state index in [2.05, 4.69) is 9.47 Å². The third kappa shape index (κ3) is 4.49. The predicted molar refractivity (Wildman–Crippen MR) is 60.1 cm³/mol. The fourth-order valence-electron chi connectivity index (χ4n) is 1.39. The van der Waals surface area contributed by atoms with Crippen molar-refractivity contribution < 1.29 is 28.0 Å². The summed E-state index contributed by atoms with van der Waals surface area (Å²) in [6, 6.07) is 3.33. The number of rotatable bonds is 6. The van der Waals surface area contributed by atoms with Crippen LogP contribution in [-0.2, 0) is 16.0 Å². The number of alkyl halides is 2. The Kier molecular flexibility index (Phi) is 5.16. The maximum absolute atomic E-state index is 12.1. The van der Waals surface area contributed by atoms with Gasteiger partial charge in [0.2, 0.25) is 5.75 Å². The second-order valence-electron chi connectivity index (χ2n) is 3.42. The second-order valence-corrected chi connectivity index (χ2v) is 3.42. The van der Waals surface area contributed by atoms with Crippen LogP contribution < -0.4 is 4.74 Å². The van der Waals surface area contributed by atoms with Crippen LogP contribution in [0.25, 0.3) is 0 Å². The minimum absolute atomic E-state index is 0.177. The van der Waals surface area contributed by atoms with E-state index in [0.717, 1.165) is 12.1 Å². The van der Waals surface area contributed by atoms with E-state index in [-0.39, 0.29) is 18.6 Å². The van der Waals surface area contributed by atoms with Gasteiger partial charge in [0.25, 0.3) is 0 Å². The van der Waals surface area contributed by atoms with E-state index < -0.39 is 28.9 Å². The molecule has 1 aromatic rings. The summed E-state index contributed by atoms with van der Waals surface area (Å²) >= 11 is 0. The molecule has 0 radical (unpaired) electrons. The number of benzene rings is 1. The van der Waals surface area contributed by atoms with E-state index in [0.29, 0.717) is 0 Å². The zero-order valence-corrected chi connectivity index (χ0v) is 9.97. The van der Waals surface area contributed by atoms with E-state index >= 15 is 0 Å². The van der Waals surface area contributed by atoms with E-state index in [1.165, 1.54) is 6.07 Å². The molecular formula is C11H11F2NO5. The number of carbonyl (C=O) groups is 1. The summed E-state index contributed by atoms with van der Waals surface area (Å²) in [5.41, 5.74) is -0.339. The molecule has 0 unspecified atom stereocenters. The lowest BCUT2D eigenvalue weighted by Gasteiger charge is -2.07. The van der Waals surface area contributed by atoms with Gasteiger partial charge < -0.3 is 9.47 Å². The number of ether oxygens (including phenoxy) is 2. The van der Waals surface area contributed by atoms with E-state index in [9.17, 15) is 23.7 Å². The first-order valence-corrected chi connectivity index (χ1v) is 5.31. The van der Waals surface area contributed by atoms with Crippen molar-refractivity contribution in [2.24, 2.45) is 0 Å². The van der Waals surface area contributed by atoms with Crippen LogP contribution in [0.2, 0.25) is 0 Å². The molecule has 0 atom stereocenters. The van der Waals surface area contributed by atoms with Gasteiger partial charge in [-0.05, 0) is 18.6 Å². The predicted octanol–water partition coefficient (Wildman–Crippen LogP) is 2.30. The number of nitrogens with zero attached hydrogens (tertiary/aromatic N) is 1. The average molecular weight is 275 g/mol. The van der Waals surface area contributed by atoms with Crippen molar-refractivity contribution in [3.63, 3.8) is 0 Å². The van der Waals surface area contributed by atoms with Crippen LogP contribution in [0, 0.1) is 10.1 Å². The quantitative estimate of drug-likeness (QED) is 0.452. The van der Waals surface area contributed by atoms with Crippen molar-refractivity contribution in [3.05, 3.63) is 33.9 Å². The van der Waals surface area contributed by atoms with Gasteiger partial charge >= 0.3 is 18.3 Å². The minimum Gasteiger partial charge on any atom is -0.466 e. The molecule has 8 heteroatoms. The van der Waals surface area contributed by atoms with Crippen molar-refractivity contribution in [1.29, 1.82) is 0 Å². The third-order valence-electron chi connectivity index (χ3n) is 2.09. The van der Waals surface area contributed by atoms with E-state index in [1.54, 1.807) is 6.92 Å². The van der Waals surface area contributed by atoms with Crippen molar-refractivity contribution in [3.8, 4) is 5.75 Å². The van der Waals surface area contributed by atoms with Crippen LogP contribution in [0.15, 0.2) is 18.2 Å². The zero-order chi connectivity index (χ0) is 14.4. The van der Waals surface area contributed by atoms with Crippen LogP contribution in [0.3, 0.4) is 0 Å². The molecular weight excluding hydrogens is 264 g/mol. The Labute approximate surface area is 107 Å². The number of hydrogen-bond acceptors (Lipinski definition) is 5. The average Bonchev–Trinajstić information content (AvgIpc) is 2.30. The minimum atomic E-state index is -3.16. The largest absolute Gasteiger partial charge is 0.466 e. The second kappa shape index (κ2) is 6.62. The Hall–Kier alpha value is -2.25. The standard InChI is InChI=1S/C11H11F2NO5/c1-2-18-10(15)6-7-3-4-9(19-11(12)13)8(5-7)14(16)17/h3-5,11H,2,6H2,1H3. The number of esters is 1. The summed E-state index contributed by atoms with van der Waals surface area (Å²) in [5, 5.41) is 10.7. The van der Waals surface area contributed by atoms with E-state index in [1.807, 2.05) is 0 Å². The van der Waals surface area contributed by atoms with Crippen LogP contribution in [-0.4, -0.2) is 24.1 Å². The van der Waals surface area contributed by atoms with Gasteiger partial charge in [-0.2, -0.15) is 8.78 Å². The molecule has 1 rings (SSSR count). The highest BCUT2D eigenvalue weighted by molar-refractivity contribution is 5.73. The molecule has 6 nitrogen and oxygen atoms in total. The summed E-state index contributed by atoms with van der Waals surface area (Å²) in [6.07, 6.45) is -0.177. The molecule has 0 saturated carbocycles. The molecule has 0 aliphatic rings. The maximum atomic E-state index is 12.1. The van der Waals surface area contributed by atoms with Crippen molar-refractivity contribution in [2.75, 3.05) is 6.61 Å². The van der Waals surface area contributed by atoms with Crippen LogP contribution >= 0.6 is 0 Å². The molecule has 0 aromatic heterocycles.